The van der Waals surface area contributed by atoms with Crippen molar-refractivity contribution in [2.45, 2.75) is 26.7 Å². The van der Waals surface area contributed by atoms with Gasteiger partial charge in [-0.05, 0) is 30.4 Å². The van der Waals surface area contributed by atoms with Crippen molar-refractivity contribution in [3.05, 3.63) is 29.3 Å². The lowest BCUT2D eigenvalue weighted by Crippen LogP contribution is -2.40. The molecule has 1 aliphatic heterocycles. The van der Waals surface area contributed by atoms with Crippen LogP contribution in [0.5, 0.6) is 0 Å². The van der Waals surface area contributed by atoms with Crippen LogP contribution in [0.4, 0.5) is 5.69 Å². The Morgan fingerprint density at radius 3 is 2.52 bits per heavy atom. The Balaban J connectivity index is 0.00000220. The van der Waals surface area contributed by atoms with Crippen LogP contribution in [0.25, 0.3) is 0 Å². The standard InChI is InChI=1S/C16H23ClN2O.ClH/c1-12-9-13(2)11-19(10-12)8-7-16(20)18-15-6-4-3-5-14(15)17;/h3-6,12-13H,7-11H2,1-2H3,(H,18,20);1H. The molecule has 118 valence electrons. The number of anilines is 1. The van der Waals surface area contributed by atoms with E-state index in [-0.39, 0.29) is 18.3 Å². The molecule has 0 aromatic heterocycles. The Morgan fingerprint density at radius 2 is 1.90 bits per heavy atom. The average Bonchev–Trinajstić information content (AvgIpc) is 2.38. The quantitative estimate of drug-likeness (QED) is 0.902. The van der Waals surface area contributed by atoms with Gasteiger partial charge in [0.15, 0.2) is 0 Å². The summed E-state index contributed by atoms with van der Waals surface area (Å²) in [5, 5.41) is 3.46. The number of halogens is 2. The molecule has 1 N–H and O–H groups in total. The van der Waals surface area contributed by atoms with Gasteiger partial charge < -0.3 is 10.2 Å². The summed E-state index contributed by atoms with van der Waals surface area (Å²) in [6.07, 6.45) is 1.81. The van der Waals surface area contributed by atoms with Crippen LogP contribution in [0.1, 0.15) is 26.7 Å². The highest BCUT2D eigenvalue weighted by Gasteiger charge is 2.21. The lowest BCUT2D eigenvalue weighted by Gasteiger charge is -2.34. The van der Waals surface area contributed by atoms with E-state index in [1.54, 1.807) is 6.07 Å². The fourth-order valence-corrected chi connectivity index (χ4v) is 3.19. The van der Waals surface area contributed by atoms with Crippen molar-refractivity contribution in [2.75, 3.05) is 25.0 Å². The summed E-state index contributed by atoms with van der Waals surface area (Å²) >= 11 is 6.03. The molecule has 2 unspecified atom stereocenters. The van der Waals surface area contributed by atoms with Crippen LogP contribution < -0.4 is 5.32 Å². The molecular formula is C16H24Cl2N2O. The van der Waals surface area contributed by atoms with E-state index in [2.05, 4.69) is 24.1 Å². The summed E-state index contributed by atoms with van der Waals surface area (Å²) < 4.78 is 0. The lowest BCUT2D eigenvalue weighted by atomic mass is 9.92. The first-order chi connectivity index (χ1) is 9.54. The minimum absolute atomic E-state index is 0. The number of nitrogens with zero attached hydrogens (tertiary/aromatic N) is 1. The van der Waals surface area contributed by atoms with Gasteiger partial charge in [-0.25, -0.2) is 0 Å². The van der Waals surface area contributed by atoms with Crippen molar-refractivity contribution in [1.82, 2.24) is 4.90 Å². The third-order valence-corrected chi connectivity index (χ3v) is 4.08. The third kappa shape index (κ3) is 5.85. The molecule has 1 saturated heterocycles. The van der Waals surface area contributed by atoms with E-state index >= 15 is 0 Å². The highest BCUT2D eigenvalue weighted by Crippen LogP contribution is 2.22. The molecule has 1 aromatic carbocycles. The summed E-state index contributed by atoms with van der Waals surface area (Å²) in [7, 11) is 0. The molecule has 0 saturated carbocycles. The predicted molar refractivity (Wildman–Crippen MR) is 91.3 cm³/mol. The first-order valence-electron chi connectivity index (χ1n) is 7.31. The molecule has 1 aliphatic rings. The molecule has 21 heavy (non-hydrogen) atoms. The van der Waals surface area contributed by atoms with Crippen LogP contribution in [0.2, 0.25) is 5.02 Å². The maximum absolute atomic E-state index is 12.0. The number of piperidine rings is 1. The Labute approximate surface area is 138 Å². The molecule has 0 aliphatic carbocycles. The van der Waals surface area contributed by atoms with E-state index in [0.29, 0.717) is 17.1 Å². The number of nitrogens with one attached hydrogen (secondary N) is 1. The van der Waals surface area contributed by atoms with E-state index < -0.39 is 0 Å². The highest BCUT2D eigenvalue weighted by molar-refractivity contribution is 6.33. The molecule has 2 rings (SSSR count). The first kappa shape index (κ1) is 18.3. The number of benzene rings is 1. The van der Waals surface area contributed by atoms with Crippen molar-refractivity contribution in [3.8, 4) is 0 Å². The second kappa shape index (κ2) is 8.62. The number of carbonyl (C=O) groups excluding carboxylic acids is 1. The van der Waals surface area contributed by atoms with E-state index in [9.17, 15) is 4.79 Å². The second-order valence-electron chi connectivity index (χ2n) is 5.98. The summed E-state index contributed by atoms with van der Waals surface area (Å²) in [4.78, 5) is 14.4. The smallest absolute Gasteiger partial charge is 0.225 e. The minimum atomic E-state index is 0. The normalized spacial score (nSPS) is 22.4. The Morgan fingerprint density at radius 1 is 1.29 bits per heavy atom. The van der Waals surface area contributed by atoms with E-state index in [0.717, 1.165) is 31.5 Å². The van der Waals surface area contributed by atoms with Gasteiger partial charge in [0.05, 0.1) is 10.7 Å². The summed E-state index contributed by atoms with van der Waals surface area (Å²) in [6, 6.07) is 7.33. The average molecular weight is 331 g/mol. The van der Waals surface area contributed by atoms with Gasteiger partial charge in [-0.2, -0.15) is 0 Å². The topological polar surface area (TPSA) is 32.3 Å². The van der Waals surface area contributed by atoms with E-state index in [1.165, 1.54) is 6.42 Å². The zero-order valence-electron chi connectivity index (χ0n) is 12.6. The number of hydrogen-bond donors (Lipinski definition) is 1. The molecule has 3 nitrogen and oxygen atoms in total. The molecular weight excluding hydrogens is 307 g/mol. The third-order valence-electron chi connectivity index (χ3n) is 3.75. The molecule has 5 heteroatoms. The van der Waals surface area contributed by atoms with Crippen molar-refractivity contribution >= 4 is 35.6 Å². The number of amides is 1. The van der Waals surface area contributed by atoms with E-state index in [1.807, 2.05) is 18.2 Å². The van der Waals surface area contributed by atoms with Gasteiger partial charge in [0.2, 0.25) is 5.91 Å². The Bertz CT molecular complexity index is 457. The van der Waals surface area contributed by atoms with Crippen LogP contribution in [0.3, 0.4) is 0 Å². The molecule has 0 bridgehead atoms. The van der Waals surface area contributed by atoms with Gasteiger partial charge in [0, 0.05) is 26.1 Å². The molecule has 0 spiro atoms. The van der Waals surface area contributed by atoms with Crippen LogP contribution >= 0.6 is 24.0 Å². The molecule has 2 atom stereocenters. The van der Waals surface area contributed by atoms with Crippen molar-refractivity contribution < 1.29 is 4.79 Å². The van der Waals surface area contributed by atoms with Crippen molar-refractivity contribution in [2.24, 2.45) is 11.8 Å². The second-order valence-corrected chi connectivity index (χ2v) is 6.39. The van der Waals surface area contributed by atoms with Crippen LogP contribution in [0, 0.1) is 11.8 Å². The highest BCUT2D eigenvalue weighted by atomic mass is 35.5. The van der Waals surface area contributed by atoms with Gasteiger partial charge in [0.25, 0.3) is 0 Å². The monoisotopic (exact) mass is 330 g/mol. The van der Waals surface area contributed by atoms with Gasteiger partial charge in [0.1, 0.15) is 0 Å². The number of rotatable bonds is 4. The fraction of sp³-hybridized carbons (Fsp3) is 0.562. The number of para-hydroxylation sites is 1. The van der Waals surface area contributed by atoms with E-state index in [4.69, 9.17) is 11.6 Å². The maximum atomic E-state index is 12.0. The predicted octanol–water partition coefficient (Wildman–Crippen LogP) is 4.07. The summed E-state index contributed by atoms with van der Waals surface area (Å²) in [6.45, 7) is 7.59. The molecule has 1 fully saturated rings. The van der Waals surface area contributed by atoms with Crippen molar-refractivity contribution in [1.29, 1.82) is 0 Å². The summed E-state index contributed by atoms with van der Waals surface area (Å²) in [5.74, 6) is 1.49. The Hall–Kier alpha value is -0.770. The van der Waals surface area contributed by atoms with Gasteiger partial charge >= 0.3 is 0 Å². The van der Waals surface area contributed by atoms with Gasteiger partial charge in [-0.3, -0.25) is 4.79 Å². The van der Waals surface area contributed by atoms with Crippen LogP contribution in [0.15, 0.2) is 24.3 Å². The maximum Gasteiger partial charge on any atom is 0.225 e. The number of hydrogen-bond acceptors (Lipinski definition) is 2. The zero-order valence-corrected chi connectivity index (χ0v) is 14.2. The van der Waals surface area contributed by atoms with Crippen molar-refractivity contribution in [3.63, 3.8) is 0 Å². The number of carbonyl (C=O) groups is 1. The first-order valence-corrected chi connectivity index (χ1v) is 7.69. The SMILES string of the molecule is CC1CC(C)CN(CCC(=O)Nc2ccccc2Cl)C1.Cl. The van der Waals surface area contributed by atoms with Crippen LogP contribution in [-0.2, 0) is 4.79 Å². The molecule has 1 heterocycles. The minimum Gasteiger partial charge on any atom is -0.325 e. The molecule has 0 radical (unpaired) electrons. The number of likely N-dealkylation sites (tertiary alicyclic amines) is 1. The fourth-order valence-electron chi connectivity index (χ4n) is 3.01. The zero-order chi connectivity index (χ0) is 14.5. The summed E-state index contributed by atoms with van der Waals surface area (Å²) in [5.41, 5.74) is 0.694. The molecule has 1 amide bonds. The largest absolute Gasteiger partial charge is 0.325 e. The van der Waals surface area contributed by atoms with Crippen LogP contribution in [-0.4, -0.2) is 30.4 Å². The molecule has 1 aromatic rings. The van der Waals surface area contributed by atoms with Gasteiger partial charge in [-0.1, -0.05) is 37.6 Å². The van der Waals surface area contributed by atoms with Gasteiger partial charge in [-0.15, -0.1) is 12.4 Å². The Kier molecular flexibility index (Phi) is 7.50. The lowest BCUT2D eigenvalue weighted by molar-refractivity contribution is -0.116.